The minimum Gasteiger partial charge on any atom is -0.398 e. The van der Waals surface area contributed by atoms with E-state index < -0.39 is 0 Å². The molecule has 182 valence electrons. The number of hydrogen-bond donors (Lipinski definition) is 2. The van der Waals surface area contributed by atoms with Gasteiger partial charge in [0.05, 0.1) is 0 Å². The average molecular weight is 457 g/mol. The van der Waals surface area contributed by atoms with Crippen LogP contribution in [0.5, 0.6) is 0 Å². The van der Waals surface area contributed by atoms with Crippen LogP contribution in [0, 0.1) is 0 Å². The quantitative estimate of drug-likeness (QED) is 0.333. The molecule has 2 heteroatoms. The topological polar surface area (TPSA) is 52.0 Å². The molecule has 0 spiro atoms. The summed E-state index contributed by atoms with van der Waals surface area (Å²) in [5.41, 5.74) is 24.3. The van der Waals surface area contributed by atoms with Crippen LogP contribution in [0.2, 0.25) is 0 Å². The first-order chi connectivity index (χ1) is 16.0. The van der Waals surface area contributed by atoms with Gasteiger partial charge in [-0.15, -0.1) is 0 Å². The predicted molar refractivity (Wildman–Crippen MR) is 150 cm³/mol. The average Bonchev–Trinajstić information content (AvgIpc) is 2.78. The molecule has 0 aliphatic heterocycles. The fraction of sp³-hybridized carbons (Fsp3) is 0.438. The minimum atomic E-state index is 0.230. The Kier molecular flexibility index (Phi) is 8.13. The van der Waals surface area contributed by atoms with Gasteiger partial charge in [0, 0.05) is 17.3 Å². The molecule has 0 saturated heterocycles. The van der Waals surface area contributed by atoms with Crippen LogP contribution in [0.4, 0.5) is 11.4 Å². The van der Waals surface area contributed by atoms with Crippen molar-refractivity contribution in [2.24, 2.45) is 0 Å². The first-order valence-electron chi connectivity index (χ1n) is 12.9. The smallest absolute Gasteiger partial charge is 0.0384 e. The van der Waals surface area contributed by atoms with Crippen LogP contribution in [0.3, 0.4) is 0 Å². The largest absolute Gasteiger partial charge is 0.398 e. The number of hydrogen-bond acceptors (Lipinski definition) is 2. The van der Waals surface area contributed by atoms with Gasteiger partial charge in [0.1, 0.15) is 0 Å². The van der Waals surface area contributed by atoms with Crippen molar-refractivity contribution in [3.63, 3.8) is 0 Å². The Balaban J connectivity index is 2.30. The lowest BCUT2D eigenvalue weighted by molar-refractivity contribution is 0.768. The second kappa shape index (κ2) is 10.7. The standard InChI is InChI=1S/C32H44N2/c1-19(2)26-15-24(16-27(20(3)4)31(26)33)30(14-23-12-10-9-11-13-23)25-17-28(21(5)6)32(34)29(18-25)22(7)8/h9-13,15-22,30H,14,33-34H2,1-8H3. The number of benzene rings is 3. The SMILES string of the molecule is CC(C)c1cc(C(Cc2ccccc2)c2cc(C(C)C)c(N)c(C(C)C)c2)cc(C(C)C)c1N. The Labute approximate surface area is 207 Å². The maximum Gasteiger partial charge on any atom is 0.0384 e. The van der Waals surface area contributed by atoms with Crippen molar-refractivity contribution >= 4 is 11.4 Å². The number of rotatable bonds is 8. The summed E-state index contributed by atoms with van der Waals surface area (Å²) in [5.74, 6) is 1.73. The summed E-state index contributed by atoms with van der Waals surface area (Å²) in [6.07, 6.45) is 0.943. The molecule has 3 rings (SSSR count). The van der Waals surface area contributed by atoms with Gasteiger partial charge < -0.3 is 11.5 Å². The zero-order valence-electron chi connectivity index (χ0n) is 22.4. The number of nitrogens with two attached hydrogens (primary N) is 2. The first kappa shape index (κ1) is 25.9. The Bertz CT molecular complexity index is 980. The van der Waals surface area contributed by atoms with Crippen LogP contribution in [0.15, 0.2) is 54.6 Å². The Morgan fingerprint density at radius 3 is 1.15 bits per heavy atom. The van der Waals surface area contributed by atoms with Crippen LogP contribution < -0.4 is 11.5 Å². The number of anilines is 2. The summed E-state index contributed by atoms with van der Waals surface area (Å²) in [5, 5.41) is 0. The van der Waals surface area contributed by atoms with Crippen molar-refractivity contribution < 1.29 is 0 Å². The highest BCUT2D eigenvalue weighted by molar-refractivity contribution is 5.62. The summed E-state index contributed by atoms with van der Waals surface area (Å²) < 4.78 is 0. The molecule has 4 N–H and O–H groups in total. The molecule has 0 saturated carbocycles. The molecule has 0 aliphatic rings. The maximum atomic E-state index is 6.68. The first-order valence-corrected chi connectivity index (χ1v) is 12.9. The molecule has 3 aromatic rings. The molecule has 0 amide bonds. The lowest BCUT2D eigenvalue weighted by Gasteiger charge is -2.27. The fourth-order valence-corrected chi connectivity index (χ4v) is 5.04. The third-order valence-corrected chi connectivity index (χ3v) is 7.11. The molecule has 0 radical (unpaired) electrons. The molecule has 34 heavy (non-hydrogen) atoms. The van der Waals surface area contributed by atoms with Crippen molar-refractivity contribution in [1.82, 2.24) is 0 Å². The highest BCUT2D eigenvalue weighted by Gasteiger charge is 2.23. The predicted octanol–water partition coefficient (Wildman–Crippen LogP) is 8.72. The second-order valence-corrected chi connectivity index (χ2v) is 11.1. The van der Waals surface area contributed by atoms with E-state index in [1.54, 1.807) is 0 Å². The molecule has 0 atom stereocenters. The van der Waals surface area contributed by atoms with Gasteiger partial charge in [-0.1, -0.05) is 110 Å². The van der Waals surface area contributed by atoms with E-state index in [1.807, 2.05) is 0 Å². The highest BCUT2D eigenvalue weighted by Crippen LogP contribution is 2.40. The number of nitrogen functional groups attached to an aromatic ring is 2. The molecule has 3 aromatic carbocycles. The van der Waals surface area contributed by atoms with E-state index in [1.165, 1.54) is 38.9 Å². The van der Waals surface area contributed by atoms with Gasteiger partial charge >= 0.3 is 0 Å². The molecule has 0 bridgehead atoms. The minimum absolute atomic E-state index is 0.230. The third kappa shape index (κ3) is 5.49. The van der Waals surface area contributed by atoms with Gasteiger partial charge in [0.15, 0.2) is 0 Å². The molecule has 0 aliphatic carbocycles. The highest BCUT2D eigenvalue weighted by atomic mass is 14.6. The van der Waals surface area contributed by atoms with Crippen LogP contribution >= 0.6 is 0 Å². The van der Waals surface area contributed by atoms with E-state index in [4.69, 9.17) is 11.5 Å². The molecular formula is C32H44N2. The summed E-state index contributed by atoms with van der Waals surface area (Å²) in [6, 6.07) is 20.3. The molecule has 0 fully saturated rings. The van der Waals surface area contributed by atoms with Crippen LogP contribution in [0.25, 0.3) is 0 Å². The van der Waals surface area contributed by atoms with Gasteiger partial charge in [0.25, 0.3) is 0 Å². The normalized spacial score (nSPS) is 12.0. The monoisotopic (exact) mass is 456 g/mol. The Morgan fingerprint density at radius 2 is 0.853 bits per heavy atom. The van der Waals surface area contributed by atoms with Gasteiger partial charge in [-0.25, -0.2) is 0 Å². The molecule has 0 unspecified atom stereocenters. The van der Waals surface area contributed by atoms with Gasteiger partial charge in [-0.2, -0.15) is 0 Å². The summed E-state index contributed by atoms with van der Waals surface area (Å²) in [6.45, 7) is 17.9. The summed E-state index contributed by atoms with van der Waals surface area (Å²) in [7, 11) is 0. The summed E-state index contributed by atoms with van der Waals surface area (Å²) >= 11 is 0. The molecule has 0 aromatic heterocycles. The third-order valence-electron chi connectivity index (χ3n) is 7.11. The van der Waals surface area contributed by atoms with Gasteiger partial charge in [-0.3, -0.25) is 0 Å². The van der Waals surface area contributed by atoms with E-state index in [0.29, 0.717) is 23.7 Å². The lowest BCUT2D eigenvalue weighted by Crippen LogP contribution is -2.12. The zero-order chi connectivity index (χ0) is 25.2. The van der Waals surface area contributed by atoms with E-state index in [9.17, 15) is 0 Å². The van der Waals surface area contributed by atoms with Crippen LogP contribution in [-0.2, 0) is 6.42 Å². The zero-order valence-corrected chi connectivity index (χ0v) is 22.4. The Hall–Kier alpha value is -2.74. The van der Waals surface area contributed by atoms with E-state index in [0.717, 1.165) is 17.8 Å². The van der Waals surface area contributed by atoms with Crippen LogP contribution in [0.1, 0.15) is 124 Å². The van der Waals surface area contributed by atoms with Crippen LogP contribution in [-0.4, -0.2) is 0 Å². The molecule has 0 heterocycles. The molecular weight excluding hydrogens is 412 g/mol. The molecule has 2 nitrogen and oxygen atoms in total. The van der Waals surface area contributed by atoms with Gasteiger partial charge in [-0.05, 0) is 69.0 Å². The van der Waals surface area contributed by atoms with Crippen molar-refractivity contribution in [2.75, 3.05) is 11.5 Å². The lowest BCUT2D eigenvalue weighted by atomic mass is 9.79. The second-order valence-electron chi connectivity index (χ2n) is 11.1. The fourth-order valence-electron chi connectivity index (χ4n) is 5.04. The summed E-state index contributed by atoms with van der Waals surface area (Å²) in [4.78, 5) is 0. The van der Waals surface area contributed by atoms with Crippen molar-refractivity contribution in [3.05, 3.63) is 93.5 Å². The van der Waals surface area contributed by atoms with E-state index >= 15 is 0 Å². The van der Waals surface area contributed by atoms with Crippen molar-refractivity contribution in [3.8, 4) is 0 Å². The van der Waals surface area contributed by atoms with Crippen molar-refractivity contribution in [2.45, 2.75) is 91.4 Å². The van der Waals surface area contributed by atoms with E-state index in [-0.39, 0.29) is 5.92 Å². The van der Waals surface area contributed by atoms with Crippen molar-refractivity contribution in [1.29, 1.82) is 0 Å². The van der Waals surface area contributed by atoms with E-state index in [2.05, 4.69) is 110 Å². The Morgan fingerprint density at radius 1 is 0.529 bits per heavy atom. The maximum absolute atomic E-state index is 6.68. The van der Waals surface area contributed by atoms with Gasteiger partial charge in [0.2, 0.25) is 0 Å².